The van der Waals surface area contributed by atoms with Gasteiger partial charge in [-0.3, -0.25) is 0 Å². The van der Waals surface area contributed by atoms with E-state index in [1.165, 1.54) is 0 Å². The molecule has 0 aliphatic carbocycles. The zero-order chi connectivity index (χ0) is 13.6. The van der Waals surface area contributed by atoms with E-state index in [0.717, 1.165) is 0 Å². The van der Waals surface area contributed by atoms with Crippen LogP contribution in [0.15, 0.2) is 0 Å². The SMILES string of the molecule is Cl.OP(C(F)(F)C(F)(F)F)C(F)(F)C(F)(F)F. The summed E-state index contributed by atoms with van der Waals surface area (Å²) in [5.74, 6) is 0. The van der Waals surface area contributed by atoms with Crippen molar-refractivity contribution in [1.82, 2.24) is 0 Å². The maximum Gasteiger partial charge on any atom is 0.460 e. The van der Waals surface area contributed by atoms with E-state index in [0.29, 0.717) is 0 Å². The lowest BCUT2D eigenvalue weighted by Crippen LogP contribution is -2.44. The second-order valence-corrected chi connectivity index (χ2v) is 4.14. The minimum Gasteiger partial charge on any atom is -0.363 e. The molecule has 0 saturated heterocycles. The Hall–Kier alpha value is -0.0200. The van der Waals surface area contributed by atoms with Gasteiger partial charge in [-0.1, -0.05) is 0 Å². The van der Waals surface area contributed by atoms with Gasteiger partial charge < -0.3 is 4.89 Å². The lowest BCUT2D eigenvalue weighted by molar-refractivity contribution is -0.266. The van der Waals surface area contributed by atoms with Crippen LogP contribution in [0.3, 0.4) is 0 Å². The molecule has 0 unspecified atom stereocenters. The molecule has 0 aromatic carbocycles. The highest BCUT2D eigenvalue weighted by Crippen LogP contribution is 2.69. The van der Waals surface area contributed by atoms with Crippen LogP contribution in [0.2, 0.25) is 0 Å². The van der Waals surface area contributed by atoms with Crippen LogP contribution in [-0.4, -0.2) is 28.6 Å². The van der Waals surface area contributed by atoms with E-state index in [9.17, 15) is 43.9 Å². The molecule has 17 heavy (non-hydrogen) atoms. The average Bonchev–Trinajstić information content (AvgIpc) is 1.98. The van der Waals surface area contributed by atoms with Crippen LogP contribution in [0.4, 0.5) is 43.9 Å². The standard InChI is InChI=1S/C4HF10OP.ClH/c5-1(6,7)3(11,12)16(15)4(13,14)2(8,9)10;/h15H;1H. The third-order valence-corrected chi connectivity index (χ3v) is 2.79. The Morgan fingerprint density at radius 2 is 0.765 bits per heavy atom. The van der Waals surface area contributed by atoms with E-state index < -0.39 is 31.8 Å². The summed E-state index contributed by atoms with van der Waals surface area (Å²) in [5.41, 5.74) is -13.0. The highest BCUT2D eigenvalue weighted by atomic mass is 35.5. The Balaban J connectivity index is 0. The predicted octanol–water partition coefficient (Wildman–Crippen LogP) is 4.11. The molecular formula is C4H2ClF10OP. The van der Waals surface area contributed by atoms with Gasteiger partial charge in [0.1, 0.15) is 0 Å². The largest absolute Gasteiger partial charge is 0.460 e. The lowest BCUT2D eigenvalue weighted by atomic mass is 10.7. The second-order valence-electron chi connectivity index (χ2n) is 2.39. The fraction of sp³-hybridized carbons (Fsp3) is 1.00. The maximum atomic E-state index is 12.0. The molecule has 0 aliphatic heterocycles. The smallest absolute Gasteiger partial charge is 0.363 e. The summed E-state index contributed by atoms with van der Waals surface area (Å²) in [6.45, 7) is 0. The molecular weight excluding hydrogens is 320 g/mol. The molecule has 0 heterocycles. The molecule has 0 atom stereocenters. The van der Waals surface area contributed by atoms with Gasteiger partial charge in [0.05, 0.1) is 0 Å². The average molecular weight is 322 g/mol. The summed E-state index contributed by atoms with van der Waals surface area (Å²) in [5, 5.41) is 0. The predicted molar refractivity (Wildman–Crippen MR) is 38.4 cm³/mol. The molecule has 0 aliphatic rings. The molecule has 1 nitrogen and oxygen atoms in total. The molecule has 13 heteroatoms. The summed E-state index contributed by atoms with van der Waals surface area (Å²) in [7, 11) is -5.96. The first-order valence-corrected chi connectivity index (χ1v) is 4.33. The highest BCUT2D eigenvalue weighted by Gasteiger charge is 2.76. The Morgan fingerprint density at radius 1 is 0.588 bits per heavy atom. The van der Waals surface area contributed by atoms with Gasteiger partial charge in [-0.15, -0.1) is 12.4 Å². The molecule has 1 N–H and O–H groups in total. The minimum absolute atomic E-state index is 0. The van der Waals surface area contributed by atoms with Crippen LogP contribution in [-0.2, 0) is 0 Å². The topological polar surface area (TPSA) is 20.2 Å². The summed E-state index contributed by atoms with van der Waals surface area (Å²) < 4.78 is 117. The number of hydrogen-bond acceptors (Lipinski definition) is 1. The van der Waals surface area contributed by atoms with Gasteiger partial charge >= 0.3 is 23.7 Å². The summed E-state index contributed by atoms with van der Waals surface area (Å²) >= 11 is 0. The number of halogens is 11. The van der Waals surface area contributed by atoms with Crippen LogP contribution < -0.4 is 0 Å². The van der Waals surface area contributed by atoms with Crippen LogP contribution in [0.1, 0.15) is 0 Å². The molecule has 0 bridgehead atoms. The van der Waals surface area contributed by atoms with Gasteiger partial charge in [-0.2, -0.15) is 43.9 Å². The van der Waals surface area contributed by atoms with Crippen LogP contribution in [0, 0.1) is 0 Å². The van der Waals surface area contributed by atoms with E-state index >= 15 is 0 Å². The summed E-state index contributed by atoms with van der Waals surface area (Å²) in [6, 6.07) is 0. The number of hydrogen-bond donors (Lipinski definition) is 1. The van der Waals surface area contributed by atoms with Gasteiger partial charge in [-0.25, -0.2) is 0 Å². The van der Waals surface area contributed by atoms with Gasteiger partial charge in [0.25, 0.3) is 0 Å². The Morgan fingerprint density at radius 3 is 0.882 bits per heavy atom. The first-order valence-electron chi connectivity index (χ1n) is 3.04. The van der Waals surface area contributed by atoms with Crippen LogP contribution >= 0.6 is 20.6 Å². The van der Waals surface area contributed by atoms with Gasteiger partial charge in [0.2, 0.25) is 0 Å². The molecule has 0 spiro atoms. The van der Waals surface area contributed by atoms with Crippen molar-refractivity contribution in [2.75, 3.05) is 0 Å². The third kappa shape index (κ3) is 3.47. The van der Waals surface area contributed by atoms with Crippen LogP contribution in [0.25, 0.3) is 0 Å². The van der Waals surface area contributed by atoms with E-state index in [1.807, 2.05) is 0 Å². The molecule has 0 rings (SSSR count). The monoisotopic (exact) mass is 322 g/mol. The van der Waals surface area contributed by atoms with Crippen molar-refractivity contribution < 1.29 is 48.8 Å². The number of rotatable bonds is 2. The molecule has 106 valence electrons. The lowest BCUT2D eigenvalue weighted by Gasteiger charge is -2.30. The van der Waals surface area contributed by atoms with Crippen molar-refractivity contribution in [3.63, 3.8) is 0 Å². The van der Waals surface area contributed by atoms with Crippen LogP contribution in [0.5, 0.6) is 0 Å². The highest BCUT2D eigenvalue weighted by molar-refractivity contribution is 7.54. The first-order chi connectivity index (χ1) is 6.65. The van der Waals surface area contributed by atoms with E-state index in [2.05, 4.69) is 0 Å². The van der Waals surface area contributed by atoms with Gasteiger partial charge in [-0.05, 0) is 0 Å². The van der Waals surface area contributed by atoms with Gasteiger partial charge in [0, 0.05) is 0 Å². The first kappa shape index (κ1) is 19.3. The zero-order valence-corrected chi connectivity index (χ0v) is 8.79. The molecule has 0 aromatic rings. The molecule has 0 aromatic heterocycles. The Labute approximate surface area is 94.0 Å². The fourth-order valence-electron chi connectivity index (χ4n) is 0.417. The van der Waals surface area contributed by atoms with Crippen molar-refractivity contribution in [2.24, 2.45) is 0 Å². The van der Waals surface area contributed by atoms with Crippen molar-refractivity contribution >= 4 is 20.6 Å². The van der Waals surface area contributed by atoms with Crippen molar-refractivity contribution in [2.45, 2.75) is 23.7 Å². The van der Waals surface area contributed by atoms with Gasteiger partial charge in [0.15, 0.2) is 8.15 Å². The zero-order valence-electron chi connectivity index (χ0n) is 7.08. The third-order valence-electron chi connectivity index (χ3n) is 1.21. The molecule has 0 radical (unpaired) electrons. The Bertz CT molecular complexity index is 232. The maximum absolute atomic E-state index is 12.0. The van der Waals surface area contributed by atoms with E-state index in [4.69, 9.17) is 4.89 Å². The Kier molecular flexibility index (Phi) is 5.60. The molecule has 0 fully saturated rings. The van der Waals surface area contributed by atoms with Crippen molar-refractivity contribution in [3.05, 3.63) is 0 Å². The van der Waals surface area contributed by atoms with Crippen molar-refractivity contribution in [3.8, 4) is 0 Å². The number of alkyl halides is 10. The van der Waals surface area contributed by atoms with E-state index in [1.54, 1.807) is 0 Å². The quantitative estimate of drug-likeness (QED) is 0.599. The second kappa shape index (κ2) is 4.93. The van der Waals surface area contributed by atoms with E-state index in [-0.39, 0.29) is 12.4 Å². The fourth-order valence-corrected chi connectivity index (χ4v) is 1.25. The molecule has 0 amide bonds. The van der Waals surface area contributed by atoms with Crippen molar-refractivity contribution in [1.29, 1.82) is 0 Å². The molecule has 0 saturated carbocycles. The normalized spacial score (nSPS) is 14.8. The summed E-state index contributed by atoms with van der Waals surface area (Å²) in [4.78, 5) is 7.90. The summed E-state index contributed by atoms with van der Waals surface area (Å²) in [6.07, 6.45) is -13.4. The minimum atomic E-state index is -6.69.